The van der Waals surface area contributed by atoms with E-state index >= 15 is 0 Å². The van der Waals surface area contributed by atoms with E-state index in [0.717, 1.165) is 29.2 Å². The Hall–Kier alpha value is -1.68. The molecule has 96 valence electrons. The summed E-state index contributed by atoms with van der Waals surface area (Å²) < 4.78 is 15.3. The van der Waals surface area contributed by atoms with Crippen LogP contribution in [-0.2, 0) is 13.5 Å². The smallest absolute Gasteiger partial charge is 0.126 e. The van der Waals surface area contributed by atoms with E-state index in [0.29, 0.717) is 12.1 Å². The van der Waals surface area contributed by atoms with E-state index in [2.05, 4.69) is 4.98 Å². The molecule has 0 radical (unpaired) electrons. The minimum absolute atomic E-state index is 0.188. The highest BCUT2D eigenvalue weighted by Crippen LogP contribution is 2.25. The van der Waals surface area contributed by atoms with Crippen LogP contribution in [0.4, 0.5) is 4.39 Å². The molecule has 2 rings (SSSR count). The maximum atomic E-state index is 13.3. The Morgan fingerprint density at radius 1 is 1.33 bits per heavy atom. The average Bonchev–Trinajstić information content (AvgIpc) is 2.61. The molecule has 2 N–H and O–H groups in total. The molecule has 18 heavy (non-hydrogen) atoms. The number of halogens is 1. The van der Waals surface area contributed by atoms with Gasteiger partial charge in [-0.1, -0.05) is 0 Å². The highest BCUT2D eigenvalue weighted by molar-refractivity contribution is 5.63. The lowest BCUT2D eigenvalue weighted by atomic mass is 10.1. The number of hydrogen-bond donors (Lipinski definition) is 1. The highest BCUT2D eigenvalue weighted by atomic mass is 19.1. The third-order valence-corrected chi connectivity index (χ3v) is 3.25. The summed E-state index contributed by atoms with van der Waals surface area (Å²) in [5, 5.41) is 0. The Bertz CT molecular complexity index is 573. The molecule has 4 heteroatoms. The molecule has 0 aliphatic carbocycles. The summed E-state index contributed by atoms with van der Waals surface area (Å²) in [5.74, 6) is 0.752. The predicted octanol–water partition coefficient (Wildman–Crippen LogP) is 2.34. The first kappa shape index (κ1) is 12.8. The van der Waals surface area contributed by atoms with Gasteiger partial charge in [0.1, 0.15) is 11.6 Å². The first-order valence-corrected chi connectivity index (χ1v) is 6.03. The number of hydrogen-bond acceptors (Lipinski definition) is 2. The van der Waals surface area contributed by atoms with E-state index in [-0.39, 0.29) is 5.82 Å². The average molecular weight is 247 g/mol. The number of imidazole rings is 1. The van der Waals surface area contributed by atoms with Crippen molar-refractivity contribution in [2.24, 2.45) is 12.8 Å². The van der Waals surface area contributed by atoms with Crippen molar-refractivity contribution in [3.63, 3.8) is 0 Å². The summed E-state index contributed by atoms with van der Waals surface area (Å²) in [5.41, 5.74) is 9.22. The quantitative estimate of drug-likeness (QED) is 0.904. The van der Waals surface area contributed by atoms with Crippen LogP contribution in [0.1, 0.15) is 17.1 Å². The van der Waals surface area contributed by atoms with Gasteiger partial charge in [0.25, 0.3) is 0 Å². The topological polar surface area (TPSA) is 43.8 Å². The van der Waals surface area contributed by atoms with Crippen LogP contribution in [0.5, 0.6) is 0 Å². The Kier molecular flexibility index (Phi) is 3.48. The minimum atomic E-state index is -0.188. The Balaban J connectivity index is 2.55. The van der Waals surface area contributed by atoms with Gasteiger partial charge in [0.15, 0.2) is 0 Å². The Morgan fingerprint density at radius 2 is 2.06 bits per heavy atom. The molecule has 1 aromatic carbocycles. The van der Waals surface area contributed by atoms with Crippen molar-refractivity contribution in [3.8, 4) is 11.3 Å². The number of nitrogens with two attached hydrogens (primary N) is 1. The molecule has 0 spiro atoms. The third kappa shape index (κ3) is 2.16. The van der Waals surface area contributed by atoms with Gasteiger partial charge in [-0.05, 0) is 44.2 Å². The molecular weight excluding hydrogens is 229 g/mol. The molecule has 0 atom stereocenters. The van der Waals surface area contributed by atoms with E-state index in [1.807, 2.05) is 24.6 Å². The van der Waals surface area contributed by atoms with Gasteiger partial charge in [0.05, 0.1) is 5.69 Å². The van der Waals surface area contributed by atoms with Crippen molar-refractivity contribution in [2.45, 2.75) is 20.3 Å². The second-order valence-corrected chi connectivity index (χ2v) is 4.52. The van der Waals surface area contributed by atoms with Gasteiger partial charge in [-0.3, -0.25) is 0 Å². The molecule has 0 fully saturated rings. The fourth-order valence-electron chi connectivity index (χ4n) is 2.10. The fraction of sp³-hybridized carbons (Fsp3) is 0.357. The van der Waals surface area contributed by atoms with E-state index in [4.69, 9.17) is 5.73 Å². The van der Waals surface area contributed by atoms with E-state index in [1.54, 1.807) is 13.0 Å². The molecule has 0 unspecified atom stereocenters. The zero-order valence-electron chi connectivity index (χ0n) is 11.0. The summed E-state index contributed by atoms with van der Waals surface area (Å²) in [4.78, 5) is 4.55. The maximum absolute atomic E-state index is 13.3. The number of rotatable bonds is 3. The van der Waals surface area contributed by atoms with Crippen molar-refractivity contribution in [2.75, 3.05) is 6.54 Å². The summed E-state index contributed by atoms with van der Waals surface area (Å²) in [7, 11) is 1.98. The number of aromatic nitrogens is 2. The second kappa shape index (κ2) is 4.90. The second-order valence-electron chi connectivity index (χ2n) is 4.52. The number of aryl methyl sites for hydroxylation is 2. The fourth-order valence-corrected chi connectivity index (χ4v) is 2.10. The molecule has 1 aromatic heterocycles. The summed E-state index contributed by atoms with van der Waals surface area (Å²) >= 11 is 0. The summed E-state index contributed by atoms with van der Waals surface area (Å²) in [6.45, 7) is 4.29. The molecule has 0 aliphatic heterocycles. The van der Waals surface area contributed by atoms with Crippen LogP contribution in [-0.4, -0.2) is 16.1 Å². The Morgan fingerprint density at radius 3 is 2.67 bits per heavy atom. The molecule has 0 amide bonds. The van der Waals surface area contributed by atoms with Crippen LogP contribution < -0.4 is 5.73 Å². The van der Waals surface area contributed by atoms with Crippen molar-refractivity contribution in [1.82, 2.24) is 9.55 Å². The molecular formula is C14H18FN3. The number of benzene rings is 1. The molecule has 2 aromatic rings. The minimum Gasteiger partial charge on any atom is -0.335 e. The molecule has 0 aliphatic rings. The van der Waals surface area contributed by atoms with E-state index < -0.39 is 0 Å². The van der Waals surface area contributed by atoms with Gasteiger partial charge in [-0.15, -0.1) is 0 Å². The van der Waals surface area contributed by atoms with Crippen molar-refractivity contribution in [1.29, 1.82) is 0 Å². The first-order chi connectivity index (χ1) is 8.54. The van der Waals surface area contributed by atoms with Gasteiger partial charge in [0, 0.05) is 24.7 Å². The van der Waals surface area contributed by atoms with Gasteiger partial charge in [0.2, 0.25) is 0 Å². The van der Waals surface area contributed by atoms with Crippen LogP contribution in [0.3, 0.4) is 0 Å². The third-order valence-electron chi connectivity index (χ3n) is 3.25. The van der Waals surface area contributed by atoms with E-state index in [1.165, 1.54) is 6.07 Å². The van der Waals surface area contributed by atoms with Gasteiger partial charge in [-0.2, -0.15) is 0 Å². The van der Waals surface area contributed by atoms with Crippen LogP contribution >= 0.6 is 0 Å². The molecule has 3 nitrogen and oxygen atoms in total. The van der Waals surface area contributed by atoms with Crippen molar-refractivity contribution >= 4 is 0 Å². The van der Waals surface area contributed by atoms with E-state index in [9.17, 15) is 4.39 Å². The van der Waals surface area contributed by atoms with Crippen LogP contribution in [0.15, 0.2) is 18.2 Å². The SMILES string of the molecule is Cc1cc(-c2nc(C)n(C)c2CCN)ccc1F. The highest BCUT2D eigenvalue weighted by Gasteiger charge is 2.14. The van der Waals surface area contributed by atoms with Crippen LogP contribution in [0, 0.1) is 19.7 Å². The molecule has 1 heterocycles. The molecule has 0 bridgehead atoms. The standard InChI is InChI=1S/C14H18FN3/c1-9-8-11(4-5-12(9)15)14-13(6-7-16)18(3)10(2)17-14/h4-5,8H,6-7,16H2,1-3H3. The number of nitrogens with zero attached hydrogens (tertiary/aromatic N) is 2. The molecule has 0 saturated heterocycles. The lowest BCUT2D eigenvalue weighted by molar-refractivity contribution is 0.618. The van der Waals surface area contributed by atoms with Crippen LogP contribution in [0.25, 0.3) is 11.3 Å². The molecule has 0 saturated carbocycles. The summed E-state index contributed by atoms with van der Waals surface area (Å²) in [6.07, 6.45) is 0.767. The van der Waals surface area contributed by atoms with Gasteiger partial charge in [-0.25, -0.2) is 9.37 Å². The van der Waals surface area contributed by atoms with Gasteiger partial charge >= 0.3 is 0 Å². The van der Waals surface area contributed by atoms with Crippen molar-refractivity contribution < 1.29 is 4.39 Å². The zero-order chi connectivity index (χ0) is 13.3. The summed E-state index contributed by atoms with van der Waals surface area (Å²) in [6, 6.07) is 5.09. The first-order valence-electron chi connectivity index (χ1n) is 6.03. The largest absolute Gasteiger partial charge is 0.335 e. The monoisotopic (exact) mass is 247 g/mol. The zero-order valence-corrected chi connectivity index (χ0v) is 11.0. The van der Waals surface area contributed by atoms with Gasteiger partial charge < -0.3 is 10.3 Å². The lowest BCUT2D eigenvalue weighted by Crippen LogP contribution is -2.08. The predicted molar refractivity (Wildman–Crippen MR) is 70.8 cm³/mol. The van der Waals surface area contributed by atoms with Crippen molar-refractivity contribution in [3.05, 3.63) is 41.1 Å². The maximum Gasteiger partial charge on any atom is 0.126 e. The normalized spacial score (nSPS) is 10.9. The Labute approximate surface area is 106 Å². The lowest BCUT2D eigenvalue weighted by Gasteiger charge is -2.06. The van der Waals surface area contributed by atoms with Crippen LogP contribution in [0.2, 0.25) is 0 Å².